The minimum atomic E-state index is 0.105. The van der Waals surface area contributed by atoms with E-state index < -0.39 is 0 Å². The van der Waals surface area contributed by atoms with Crippen molar-refractivity contribution >= 4 is 28.9 Å². The summed E-state index contributed by atoms with van der Waals surface area (Å²) in [4.78, 5) is 12.7. The molecule has 0 saturated carbocycles. The molecule has 0 fully saturated rings. The molecule has 0 unspecified atom stereocenters. The summed E-state index contributed by atoms with van der Waals surface area (Å²) in [5, 5.41) is 8.96. The van der Waals surface area contributed by atoms with Crippen molar-refractivity contribution in [1.29, 1.82) is 0 Å². The van der Waals surface area contributed by atoms with Crippen molar-refractivity contribution in [2.45, 2.75) is 32.0 Å². The largest absolute Gasteiger partial charge is 0.494 e. The molecule has 0 saturated heterocycles. The van der Waals surface area contributed by atoms with Gasteiger partial charge in [-0.3, -0.25) is 4.79 Å². The van der Waals surface area contributed by atoms with Crippen LogP contribution >= 0.6 is 23.1 Å². The zero-order valence-electron chi connectivity index (χ0n) is 15.3. The highest BCUT2D eigenvalue weighted by molar-refractivity contribution is 8.01. The van der Waals surface area contributed by atoms with Crippen LogP contribution in [0.5, 0.6) is 5.75 Å². The van der Waals surface area contributed by atoms with Gasteiger partial charge in [-0.15, -0.1) is 10.2 Å². The molecule has 136 valence electrons. The fourth-order valence-electron chi connectivity index (χ4n) is 2.84. The van der Waals surface area contributed by atoms with Crippen LogP contribution in [0, 0.1) is 20.8 Å². The first-order valence-electron chi connectivity index (χ1n) is 8.38. The summed E-state index contributed by atoms with van der Waals surface area (Å²) in [5.74, 6) is 1.31. The van der Waals surface area contributed by atoms with Crippen LogP contribution < -0.4 is 4.74 Å². The van der Waals surface area contributed by atoms with Gasteiger partial charge in [0.1, 0.15) is 10.8 Å². The predicted octanol–water partition coefficient (Wildman–Crippen LogP) is 4.63. The summed E-state index contributed by atoms with van der Waals surface area (Å²) in [7, 11) is 0. The Morgan fingerprint density at radius 1 is 1.19 bits per heavy atom. The maximum atomic E-state index is 12.7. The molecule has 5 nitrogen and oxygen atoms in total. The number of carbonyl (C=O) groups is 1. The van der Waals surface area contributed by atoms with Gasteiger partial charge in [0.05, 0.1) is 12.4 Å². The Labute approximate surface area is 161 Å². The summed E-state index contributed by atoms with van der Waals surface area (Å²) in [6, 6.07) is 9.88. The lowest BCUT2D eigenvalue weighted by molar-refractivity contribution is 0.102. The van der Waals surface area contributed by atoms with Gasteiger partial charge >= 0.3 is 0 Å². The second-order valence-electron chi connectivity index (χ2n) is 5.85. The minimum Gasteiger partial charge on any atom is -0.494 e. The first-order valence-corrected chi connectivity index (χ1v) is 10.2. The number of nitrogens with zero attached hydrogens (tertiary/aromatic N) is 3. The molecule has 0 amide bonds. The summed E-state index contributed by atoms with van der Waals surface area (Å²) in [6.07, 6.45) is 0. The average molecular weight is 388 g/mol. The van der Waals surface area contributed by atoms with E-state index in [1.807, 2.05) is 58.0 Å². The number of aryl methyl sites for hydroxylation is 2. The van der Waals surface area contributed by atoms with Gasteiger partial charge in [0.15, 0.2) is 10.1 Å². The highest BCUT2D eigenvalue weighted by atomic mass is 32.2. The number of carbonyl (C=O) groups excluding carboxylic acids is 1. The van der Waals surface area contributed by atoms with E-state index in [4.69, 9.17) is 4.74 Å². The van der Waals surface area contributed by atoms with E-state index in [2.05, 4.69) is 14.8 Å². The normalized spacial score (nSPS) is 10.9. The number of aromatic nitrogens is 3. The first kappa shape index (κ1) is 18.7. The Kier molecular flexibility index (Phi) is 5.78. The molecule has 2 heterocycles. The molecule has 3 rings (SSSR count). The second-order valence-corrected chi connectivity index (χ2v) is 8.25. The maximum Gasteiger partial charge on any atom is 0.174 e. The van der Waals surface area contributed by atoms with Crippen molar-refractivity contribution < 1.29 is 9.53 Å². The molecular formula is C19H21N3O2S2. The molecular weight excluding hydrogens is 366 g/mol. The SMILES string of the molecule is CCOc1ccc(-n2c(C)cc(C(=O)CSc3nnc(C)s3)c2C)cc1. The molecule has 0 N–H and O–H groups in total. The number of ether oxygens (including phenoxy) is 1. The van der Waals surface area contributed by atoms with Crippen LogP contribution in [0.2, 0.25) is 0 Å². The van der Waals surface area contributed by atoms with E-state index in [-0.39, 0.29) is 5.78 Å². The number of benzene rings is 1. The Morgan fingerprint density at radius 3 is 2.54 bits per heavy atom. The molecule has 3 aromatic rings. The van der Waals surface area contributed by atoms with Gasteiger partial charge < -0.3 is 9.30 Å². The van der Waals surface area contributed by atoms with Crippen LogP contribution in [-0.2, 0) is 0 Å². The van der Waals surface area contributed by atoms with Crippen molar-refractivity contribution in [3.05, 3.63) is 52.3 Å². The first-order chi connectivity index (χ1) is 12.5. The van der Waals surface area contributed by atoms with Crippen LogP contribution in [0.15, 0.2) is 34.7 Å². The molecule has 0 radical (unpaired) electrons. The fourth-order valence-corrected chi connectivity index (χ4v) is 4.54. The Balaban J connectivity index is 1.79. The van der Waals surface area contributed by atoms with E-state index in [0.29, 0.717) is 12.4 Å². The van der Waals surface area contributed by atoms with Crippen LogP contribution in [0.25, 0.3) is 5.69 Å². The predicted molar refractivity (Wildman–Crippen MR) is 106 cm³/mol. The zero-order chi connectivity index (χ0) is 18.7. The lowest BCUT2D eigenvalue weighted by Crippen LogP contribution is -2.05. The third-order valence-corrected chi connectivity index (χ3v) is 5.94. The van der Waals surface area contributed by atoms with Crippen LogP contribution in [-0.4, -0.2) is 32.9 Å². The monoisotopic (exact) mass is 387 g/mol. The number of hydrogen-bond donors (Lipinski definition) is 0. The Hall–Kier alpha value is -2.12. The molecule has 0 aliphatic heterocycles. The highest BCUT2D eigenvalue weighted by Gasteiger charge is 2.17. The molecule has 1 aromatic carbocycles. The van der Waals surface area contributed by atoms with Gasteiger partial charge in [-0.2, -0.15) is 0 Å². The van der Waals surface area contributed by atoms with Crippen molar-refractivity contribution in [2.75, 3.05) is 12.4 Å². The molecule has 2 aromatic heterocycles. The third kappa shape index (κ3) is 3.99. The number of ketones is 1. The second kappa shape index (κ2) is 8.05. The summed E-state index contributed by atoms with van der Waals surface area (Å²) < 4.78 is 8.43. The Bertz CT molecular complexity index is 914. The zero-order valence-corrected chi connectivity index (χ0v) is 16.9. The van der Waals surface area contributed by atoms with Gasteiger partial charge in [0.2, 0.25) is 0 Å². The standard InChI is InChI=1S/C19H21N3O2S2/c1-5-24-16-8-6-15(7-9-16)22-12(2)10-17(13(22)3)18(23)11-25-19-21-20-14(4)26-19/h6-10H,5,11H2,1-4H3. The third-order valence-electron chi connectivity index (χ3n) is 3.97. The fraction of sp³-hybridized carbons (Fsp3) is 0.316. The van der Waals surface area contributed by atoms with Crippen LogP contribution in [0.3, 0.4) is 0 Å². The summed E-state index contributed by atoms with van der Waals surface area (Å²) >= 11 is 2.95. The molecule has 0 bridgehead atoms. The minimum absolute atomic E-state index is 0.105. The topological polar surface area (TPSA) is 57.0 Å². The van der Waals surface area contributed by atoms with Gasteiger partial charge in [0, 0.05) is 22.6 Å². The van der Waals surface area contributed by atoms with Gasteiger partial charge in [-0.25, -0.2) is 0 Å². The molecule has 0 aliphatic rings. The van der Waals surface area contributed by atoms with Gasteiger partial charge in [0.25, 0.3) is 0 Å². The van der Waals surface area contributed by atoms with E-state index >= 15 is 0 Å². The number of rotatable bonds is 7. The molecule has 7 heteroatoms. The number of hydrogen-bond acceptors (Lipinski definition) is 6. The molecule has 0 aliphatic carbocycles. The quantitative estimate of drug-likeness (QED) is 0.437. The van der Waals surface area contributed by atoms with Crippen molar-refractivity contribution in [2.24, 2.45) is 0 Å². The molecule has 26 heavy (non-hydrogen) atoms. The van der Waals surface area contributed by atoms with Crippen LogP contribution in [0.1, 0.15) is 33.7 Å². The van der Waals surface area contributed by atoms with E-state index in [9.17, 15) is 4.79 Å². The summed E-state index contributed by atoms with van der Waals surface area (Å²) in [5.41, 5.74) is 3.76. The van der Waals surface area contributed by atoms with Crippen molar-refractivity contribution in [3.63, 3.8) is 0 Å². The van der Waals surface area contributed by atoms with Gasteiger partial charge in [-0.1, -0.05) is 23.1 Å². The van der Waals surface area contributed by atoms with E-state index in [1.54, 1.807) is 0 Å². The number of thioether (sulfide) groups is 1. The van der Waals surface area contributed by atoms with E-state index in [1.165, 1.54) is 23.1 Å². The van der Waals surface area contributed by atoms with E-state index in [0.717, 1.165) is 37.7 Å². The number of Topliss-reactive ketones (excluding diaryl/α,β-unsaturated/α-hetero) is 1. The average Bonchev–Trinajstić information content (AvgIpc) is 3.17. The Morgan fingerprint density at radius 2 is 1.92 bits per heavy atom. The van der Waals surface area contributed by atoms with Crippen molar-refractivity contribution in [3.8, 4) is 11.4 Å². The van der Waals surface area contributed by atoms with Crippen molar-refractivity contribution in [1.82, 2.24) is 14.8 Å². The lowest BCUT2D eigenvalue weighted by Gasteiger charge is -2.11. The summed E-state index contributed by atoms with van der Waals surface area (Å²) in [6.45, 7) is 8.52. The maximum absolute atomic E-state index is 12.7. The highest BCUT2D eigenvalue weighted by Crippen LogP contribution is 2.26. The van der Waals surface area contributed by atoms with Gasteiger partial charge in [-0.05, 0) is 58.0 Å². The smallest absolute Gasteiger partial charge is 0.174 e. The van der Waals surface area contributed by atoms with Crippen LogP contribution in [0.4, 0.5) is 0 Å². The molecule has 0 atom stereocenters. The molecule has 0 spiro atoms. The lowest BCUT2D eigenvalue weighted by atomic mass is 10.2.